The lowest BCUT2D eigenvalue weighted by Crippen LogP contribution is -3.10. The van der Waals surface area contributed by atoms with Crippen LogP contribution in [0.2, 0.25) is 0 Å². The standard InChI is InChI=1S/C15H24N2O2S/c1-13-6-7-14(2)15(12-13)20(18,19)16-8-5-11-17-9-3-4-10-17/h6-7,12,16H,3-5,8-11H2,1-2H3/p+1. The second kappa shape index (κ2) is 6.70. The number of quaternary nitrogens is 1. The van der Waals surface area contributed by atoms with Crippen molar-refractivity contribution in [3.05, 3.63) is 29.3 Å². The van der Waals surface area contributed by atoms with Gasteiger partial charge < -0.3 is 4.90 Å². The van der Waals surface area contributed by atoms with Crippen molar-refractivity contribution in [2.24, 2.45) is 0 Å². The molecule has 1 heterocycles. The third-order valence-electron chi connectivity index (χ3n) is 3.94. The fourth-order valence-electron chi connectivity index (χ4n) is 2.74. The Labute approximate surface area is 122 Å². The van der Waals surface area contributed by atoms with Gasteiger partial charge in [-0.3, -0.25) is 0 Å². The average molecular weight is 297 g/mol. The predicted octanol–water partition coefficient (Wildman–Crippen LogP) is 0.651. The van der Waals surface area contributed by atoms with E-state index in [0.717, 1.165) is 24.1 Å². The number of sulfonamides is 1. The van der Waals surface area contributed by atoms with Crippen molar-refractivity contribution in [3.63, 3.8) is 0 Å². The summed E-state index contributed by atoms with van der Waals surface area (Å²) in [6, 6.07) is 5.53. The molecular formula is C15H25N2O2S+. The molecule has 0 saturated carbocycles. The highest BCUT2D eigenvalue weighted by Crippen LogP contribution is 2.16. The Morgan fingerprint density at radius 2 is 1.90 bits per heavy atom. The molecule has 0 radical (unpaired) electrons. The summed E-state index contributed by atoms with van der Waals surface area (Å²) in [6.07, 6.45) is 3.52. The number of hydrogen-bond donors (Lipinski definition) is 2. The van der Waals surface area contributed by atoms with Gasteiger partial charge in [-0.15, -0.1) is 0 Å². The zero-order valence-corrected chi connectivity index (χ0v) is 13.2. The molecule has 1 aromatic rings. The van der Waals surface area contributed by atoms with Gasteiger partial charge in [0.05, 0.1) is 24.5 Å². The number of nitrogens with one attached hydrogen (secondary N) is 2. The molecule has 1 fully saturated rings. The first-order chi connectivity index (χ1) is 9.49. The fraction of sp³-hybridized carbons (Fsp3) is 0.600. The number of likely N-dealkylation sites (tertiary alicyclic amines) is 1. The van der Waals surface area contributed by atoms with Crippen LogP contribution < -0.4 is 9.62 Å². The lowest BCUT2D eigenvalue weighted by Gasteiger charge is -2.13. The van der Waals surface area contributed by atoms with Gasteiger partial charge in [-0.2, -0.15) is 0 Å². The summed E-state index contributed by atoms with van der Waals surface area (Å²) in [7, 11) is -3.37. The van der Waals surface area contributed by atoms with Gasteiger partial charge in [0.15, 0.2) is 0 Å². The molecule has 1 saturated heterocycles. The van der Waals surface area contributed by atoms with Gasteiger partial charge in [-0.1, -0.05) is 12.1 Å². The van der Waals surface area contributed by atoms with Crippen LogP contribution in [0.1, 0.15) is 30.4 Å². The van der Waals surface area contributed by atoms with Crippen molar-refractivity contribution in [1.29, 1.82) is 0 Å². The lowest BCUT2D eigenvalue weighted by atomic mass is 10.2. The molecule has 0 unspecified atom stereocenters. The highest BCUT2D eigenvalue weighted by atomic mass is 32.2. The highest BCUT2D eigenvalue weighted by molar-refractivity contribution is 7.89. The summed E-state index contributed by atoms with van der Waals surface area (Å²) < 4.78 is 27.3. The molecule has 0 spiro atoms. The van der Waals surface area contributed by atoms with Gasteiger partial charge in [0.25, 0.3) is 0 Å². The molecule has 0 aliphatic carbocycles. The molecule has 2 N–H and O–H groups in total. The first kappa shape index (κ1) is 15.5. The Hall–Kier alpha value is -0.910. The summed E-state index contributed by atoms with van der Waals surface area (Å²) >= 11 is 0. The van der Waals surface area contributed by atoms with Gasteiger partial charge in [0, 0.05) is 25.8 Å². The summed E-state index contributed by atoms with van der Waals surface area (Å²) in [5.41, 5.74) is 1.77. The van der Waals surface area contributed by atoms with Gasteiger partial charge in [-0.25, -0.2) is 13.1 Å². The zero-order valence-electron chi connectivity index (χ0n) is 12.4. The smallest absolute Gasteiger partial charge is 0.240 e. The number of rotatable bonds is 6. The third kappa shape index (κ3) is 4.04. The van der Waals surface area contributed by atoms with Crippen molar-refractivity contribution in [3.8, 4) is 0 Å². The van der Waals surface area contributed by atoms with E-state index in [1.54, 1.807) is 11.0 Å². The summed E-state index contributed by atoms with van der Waals surface area (Å²) in [4.78, 5) is 2.02. The third-order valence-corrected chi connectivity index (χ3v) is 5.55. The SMILES string of the molecule is Cc1ccc(C)c(S(=O)(=O)NCCC[NH+]2CCCC2)c1. The molecular weight excluding hydrogens is 272 g/mol. The zero-order chi connectivity index (χ0) is 14.6. The largest absolute Gasteiger partial charge is 0.335 e. The topological polar surface area (TPSA) is 50.6 Å². The maximum Gasteiger partial charge on any atom is 0.240 e. The van der Waals surface area contributed by atoms with Crippen LogP contribution in [0.15, 0.2) is 23.1 Å². The average Bonchev–Trinajstić information content (AvgIpc) is 2.90. The molecule has 1 aliphatic heterocycles. The van der Waals surface area contributed by atoms with Gasteiger partial charge in [-0.05, 0) is 31.0 Å². The molecule has 0 aromatic heterocycles. The van der Waals surface area contributed by atoms with E-state index in [4.69, 9.17) is 0 Å². The van der Waals surface area contributed by atoms with Crippen LogP contribution in [0.4, 0.5) is 0 Å². The first-order valence-electron chi connectivity index (χ1n) is 7.39. The molecule has 1 aliphatic rings. The predicted molar refractivity (Wildman–Crippen MR) is 80.5 cm³/mol. The minimum Gasteiger partial charge on any atom is -0.335 e. The summed E-state index contributed by atoms with van der Waals surface area (Å²) in [5, 5.41) is 0. The van der Waals surface area contributed by atoms with E-state index in [1.165, 1.54) is 25.9 Å². The van der Waals surface area contributed by atoms with Gasteiger partial charge in [0.1, 0.15) is 0 Å². The van der Waals surface area contributed by atoms with Crippen LogP contribution in [0.3, 0.4) is 0 Å². The normalized spacial score (nSPS) is 16.7. The van der Waals surface area contributed by atoms with Crippen molar-refractivity contribution >= 4 is 10.0 Å². The number of hydrogen-bond acceptors (Lipinski definition) is 2. The Balaban J connectivity index is 1.88. The maximum atomic E-state index is 12.3. The van der Waals surface area contributed by atoms with E-state index in [2.05, 4.69) is 4.72 Å². The van der Waals surface area contributed by atoms with E-state index in [9.17, 15) is 8.42 Å². The van der Waals surface area contributed by atoms with Gasteiger partial charge >= 0.3 is 0 Å². The van der Waals surface area contributed by atoms with Crippen molar-refractivity contribution in [2.75, 3.05) is 26.2 Å². The van der Waals surface area contributed by atoms with Crippen LogP contribution in [0.25, 0.3) is 0 Å². The molecule has 112 valence electrons. The lowest BCUT2D eigenvalue weighted by molar-refractivity contribution is -0.887. The Kier molecular flexibility index (Phi) is 5.18. The first-order valence-corrected chi connectivity index (χ1v) is 8.88. The van der Waals surface area contributed by atoms with Crippen molar-refractivity contribution in [2.45, 2.75) is 38.0 Å². The van der Waals surface area contributed by atoms with Crippen LogP contribution in [-0.4, -0.2) is 34.6 Å². The van der Waals surface area contributed by atoms with E-state index in [-0.39, 0.29) is 0 Å². The quantitative estimate of drug-likeness (QED) is 0.758. The molecule has 0 bridgehead atoms. The molecule has 4 nitrogen and oxygen atoms in total. The summed E-state index contributed by atoms with van der Waals surface area (Å²) in [6.45, 7) is 7.82. The van der Waals surface area contributed by atoms with Crippen LogP contribution in [-0.2, 0) is 10.0 Å². The van der Waals surface area contributed by atoms with E-state index in [0.29, 0.717) is 11.4 Å². The van der Waals surface area contributed by atoms with Crippen molar-refractivity contribution < 1.29 is 13.3 Å². The molecule has 5 heteroatoms. The monoisotopic (exact) mass is 297 g/mol. The molecule has 0 atom stereocenters. The van der Waals surface area contributed by atoms with Crippen molar-refractivity contribution in [1.82, 2.24) is 4.72 Å². The Morgan fingerprint density at radius 3 is 2.60 bits per heavy atom. The minimum absolute atomic E-state index is 0.408. The number of benzene rings is 1. The highest BCUT2D eigenvalue weighted by Gasteiger charge is 2.18. The van der Waals surface area contributed by atoms with Crippen LogP contribution in [0.5, 0.6) is 0 Å². The molecule has 1 aromatic carbocycles. The van der Waals surface area contributed by atoms with Crippen LogP contribution in [0, 0.1) is 13.8 Å². The Bertz CT molecular complexity index is 549. The fourth-order valence-corrected chi connectivity index (χ4v) is 4.15. The van der Waals surface area contributed by atoms with E-state index < -0.39 is 10.0 Å². The molecule has 20 heavy (non-hydrogen) atoms. The van der Waals surface area contributed by atoms with Crippen LogP contribution >= 0.6 is 0 Å². The number of aryl methyl sites for hydroxylation is 2. The molecule has 0 amide bonds. The minimum atomic E-state index is -3.37. The Morgan fingerprint density at radius 1 is 1.20 bits per heavy atom. The maximum absolute atomic E-state index is 12.3. The second-order valence-electron chi connectivity index (χ2n) is 5.73. The van der Waals surface area contributed by atoms with E-state index >= 15 is 0 Å². The van der Waals surface area contributed by atoms with E-state index in [1.807, 2.05) is 26.0 Å². The summed E-state index contributed by atoms with van der Waals surface area (Å²) in [5.74, 6) is 0. The van der Waals surface area contributed by atoms with Gasteiger partial charge in [0.2, 0.25) is 10.0 Å². The second-order valence-corrected chi connectivity index (χ2v) is 7.46. The molecule has 2 rings (SSSR count).